The van der Waals surface area contributed by atoms with Crippen LogP contribution in [0.3, 0.4) is 0 Å². The van der Waals surface area contributed by atoms with Crippen molar-refractivity contribution in [3.8, 4) is 0 Å². The highest BCUT2D eigenvalue weighted by Crippen LogP contribution is 1.73. The maximum atomic E-state index is 9.45. The van der Waals surface area contributed by atoms with Gasteiger partial charge in [-0.3, -0.25) is 0 Å². The summed E-state index contributed by atoms with van der Waals surface area (Å²) in [5, 5.41) is 30.6. The van der Waals surface area contributed by atoms with Gasteiger partial charge in [0, 0.05) is 0 Å². The molecule has 0 heterocycles. The molecule has 0 saturated carbocycles. The minimum Gasteiger partial charge on any atom is -0.479 e. The molecule has 1 unspecified atom stereocenters. The van der Waals surface area contributed by atoms with Gasteiger partial charge in [0.25, 0.3) is 0 Å². The Bertz CT molecular complexity index is 170. The first-order valence-electron chi connectivity index (χ1n) is 2.66. The van der Waals surface area contributed by atoms with Crippen LogP contribution in [0.5, 0.6) is 0 Å². The van der Waals surface area contributed by atoms with Crippen molar-refractivity contribution in [2.75, 3.05) is 0 Å². The molecular formula is C5H8O7. The van der Waals surface area contributed by atoms with Crippen LogP contribution in [0.15, 0.2) is 0 Å². The summed E-state index contributed by atoms with van der Waals surface area (Å²) in [6.07, 6.45) is -1.23. The summed E-state index contributed by atoms with van der Waals surface area (Å²) in [4.78, 5) is 27.6. The van der Waals surface area contributed by atoms with Gasteiger partial charge in [-0.15, -0.1) is 0 Å². The third-order valence-electron chi connectivity index (χ3n) is 0.540. The number of hydrogen-bond donors (Lipinski definition) is 4. The molecule has 0 bridgehead atoms. The first-order chi connectivity index (χ1) is 5.29. The van der Waals surface area contributed by atoms with E-state index in [2.05, 4.69) is 0 Å². The quantitative estimate of drug-likeness (QED) is 0.365. The standard InChI is InChI=1S/C3H6O3.C2H2O4/c1-2(4)3(5)6;3-1(4)2(5)6/h2,4H,1H3,(H,5,6);(H,3,4)(H,5,6). The van der Waals surface area contributed by atoms with E-state index in [4.69, 9.17) is 30.0 Å². The molecule has 7 nitrogen and oxygen atoms in total. The molecule has 0 rings (SSSR count). The van der Waals surface area contributed by atoms with E-state index in [1.54, 1.807) is 0 Å². The summed E-state index contributed by atoms with van der Waals surface area (Å²) in [6.45, 7) is 1.20. The molecule has 0 saturated heterocycles. The summed E-state index contributed by atoms with van der Waals surface area (Å²) in [7, 11) is 0. The highest BCUT2D eigenvalue weighted by molar-refractivity contribution is 6.27. The third kappa shape index (κ3) is 11.2. The number of aliphatic carboxylic acids is 3. The molecule has 1 atom stereocenters. The van der Waals surface area contributed by atoms with Gasteiger partial charge in [0.1, 0.15) is 6.10 Å². The van der Waals surface area contributed by atoms with Crippen LogP contribution in [0.4, 0.5) is 0 Å². The van der Waals surface area contributed by atoms with Crippen LogP contribution in [0, 0.1) is 0 Å². The van der Waals surface area contributed by atoms with E-state index in [1.807, 2.05) is 0 Å². The zero-order chi connectivity index (χ0) is 10.3. The molecule has 0 aromatic heterocycles. The van der Waals surface area contributed by atoms with Crippen molar-refractivity contribution in [3.63, 3.8) is 0 Å². The Kier molecular flexibility index (Phi) is 6.61. The lowest BCUT2D eigenvalue weighted by atomic mass is 10.4. The van der Waals surface area contributed by atoms with Crippen LogP contribution < -0.4 is 0 Å². The predicted molar refractivity (Wildman–Crippen MR) is 34.6 cm³/mol. The maximum absolute atomic E-state index is 9.45. The average Bonchev–Trinajstić information content (AvgIpc) is 1.88. The average molecular weight is 180 g/mol. The Labute approximate surface area is 66.9 Å². The second kappa shape index (κ2) is 6.10. The van der Waals surface area contributed by atoms with Crippen molar-refractivity contribution in [2.24, 2.45) is 0 Å². The predicted octanol–water partition coefficient (Wildman–Crippen LogP) is -1.39. The summed E-state index contributed by atoms with van der Waals surface area (Å²) in [5.74, 6) is -4.83. The first-order valence-corrected chi connectivity index (χ1v) is 2.66. The van der Waals surface area contributed by atoms with Gasteiger partial charge in [-0.25, -0.2) is 14.4 Å². The van der Waals surface area contributed by atoms with Gasteiger partial charge in [0.05, 0.1) is 0 Å². The number of aliphatic hydroxyl groups is 1. The molecule has 0 aromatic carbocycles. The smallest absolute Gasteiger partial charge is 0.414 e. The monoisotopic (exact) mass is 180 g/mol. The summed E-state index contributed by atoms with van der Waals surface area (Å²) in [6, 6.07) is 0. The van der Waals surface area contributed by atoms with E-state index in [9.17, 15) is 4.79 Å². The zero-order valence-corrected chi connectivity index (χ0v) is 6.09. The topological polar surface area (TPSA) is 132 Å². The van der Waals surface area contributed by atoms with Crippen LogP contribution in [0.2, 0.25) is 0 Å². The van der Waals surface area contributed by atoms with E-state index in [0.717, 1.165) is 0 Å². The molecule has 4 N–H and O–H groups in total. The number of hydrogen-bond acceptors (Lipinski definition) is 4. The first kappa shape index (κ1) is 13.0. The van der Waals surface area contributed by atoms with Crippen molar-refractivity contribution in [1.29, 1.82) is 0 Å². The minimum absolute atomic E-state index is 1.19. The molecule has 0 radical (unpaired) electrons. The van der Waals surface area contributed by atoms with Crippen LogP contribution in [-0.4, -0.2) is 44.4 Å². The lowest BCUT2D eigenvalue weighted by molar-refractivity contribution is -0.159. The van der Waals surface area contributed by atoms with Crippen molar-refractivity contribution in [2.45, 2.75) is 13.0 Å². The van der Waals surface area contributed by atoms with E-state index < -0.39 is 24.0 Å². The Morgan fingerprint density at radius 2 is 1.17 bits per heavy atom. The third-order valence-corrected chi connectivity index (χ3v) is 0.540. The number of carboxylic acids is 3. The Morgan fingerprint density at radius 1 is 1.00 bits per heavy atom. The molecule has 12 heavy (non-hydrogen) atoms. The molecule has 70 valence electrons. The largest absolute Gasteiger partial charge is 0.479 e. The van der Waals surface area contributed by atoms with Gasteiger partial charge in [0.15, 0.2) is 0 Å². The van der Waals surface area contributed by atoms with Gasteiger partial charge in [0.2, 0.25) is 0 Å². The highest BCUT2D eigenvalue weighted by Gasteiger charge is 2.04. The summed E-state index contributed by atoms with van der Waals surface area (Å²) in [5.41, 5.74) is 0. The lowest BCUT2D eigenvalue weighted by Gasteiger charge is -1.89. The number of aliphatic hydroxyl groups excluding tert-OH is 1. The Balaban J connectivity index is 0. The molecule has 0 amide bonds. The van der Waals surface area contributed by atoms with E-state index in [-0.39, 0.29) is 0 Å². The van der Waals surface area contributed by atoms with Gasteiger partial charge in [-0.2, -0.15) is 0 Å². The molecule has 0 spiro atoms. The van der Waals surface area contributed by atoms with E-state index >= 15 is 0 Å². The highest BCUT2D eigenvalue weighted by atomic mass is 16.4. The lowest BCUT2D eigenvalue weighted by Crippen LogP contribution is -2.13. The fraction of sp³-hybridized carbons (Fsp3) is 0.400. The fourth-order valence-electron chi connectivity index (χ4n) is 0. The minimum atomic E-state index is -1.82. The SMILES string of the molecule is CC(O)C(=O)O.O=C(O)C(=O)O. The van der Waals surface area contributed by atoms with E-state index in [1.165, 1.54) is 6.92 Å². The van der Waals surface area contributed by atoms with Gasteiger partial charge >= 0.3 is 17.9 Å². The van der Waals surface area contributed by atoms with Crippen LogP contribution >= 0.6 is 0 Å². The molecule has 7 heteroatoms. The summed E-state index contributed by atoms with van der Waals surface area (Å²) < 4.78 is 0. The summed E-state index contributed by atoms with van der Waals surface area (Å²) >= 11 is 0. The molecule has 0 aliphatic rings. The Morgan fingerprint density at radius 3 is 1.17 bits per heavy atom. The van der Waals surface area contributed by atoms with Crippen molar-refractivity contribution in [3.05, 3.63) is 0 Å². The molecule has 0 fully saturated rings. The number of carboxylic acid groups (broad SMARTS) is 3. The second-order valence-corrected chi connectivity index (χ2v) is 1.62. The van der Waals surface area contributed by atoms with Crippen molar-refractivity contribution < 1.29 is 34.8 Å². The normalized spacial score (nSPS) is 10.5. The van der Waals surface area contributed by atoms with Crippen LogP contribution in [0.1, 0.15) is 6.92 Å². The number of carbonyl (C=O) groups is 3. The fourth-order valence-corrected chi connectivity index (χ4v) is 0. The van der Waals surface area contributed by atoms with Gasteiger partial charge in [-0.05, 0) is 6.92 Å². The number of rotatable bonds is 1. The maximum Gasteiger partial charge on any atom is 0.414 e. The van der Waals surface area contributed by atoms with Gasteiger partial charge in [-0.1, -0.05) is 0 Å². The molecule has 0 aliphatic carbocycles. The van der Waals surface area contributed by atoms with Crippen molar-refractivity contribution in [1.82, 2.24) is 0 Å². The van der Waals surface area contributed by atoms with E-state index in [0.29, 0.717) is 0 Å². The van der Waals surface area contributed by atoms with Crippen molar-refractivity contribution >= 4 is 17.9 Å². The van der Waals surface area contributed by atoms with Crippen LogP contribution in [0.25, 0.3) is 0 Å². The molecule has 0 aliphatic heterocycles. The molecule has 0 aromatic rings. The second-order valence-electron chi connectivity index (χ2n) is 1.62. The van der Waals surface area contributed by atoms with Crippen LogP contribution in [-0.2, 0) is 14.4 Å². The van der Waals surface area contributed by atoms with Gasteiger partial charge < -0.3 is 20.4 Å². The molecular weight excluding hydrogens is 172 g/mol. The Hall–Kier alpha value is -1.63. The zero-order valence-electron chi connectivity index (χ0n) is 6.09.